The number of aryl methyl sites for hydroxylation is 1. The van der Waals surface area contributed by atoms with E-state index in [4.69, 9.17) is 0 Å². The number of H-pyrrole nitrogens is 1. The van der Waals surface area contributed by atoms with E-state index in [9.17, 15) is 9.59 Å². The number of amides is 2. The zero-order valence-electron chi connectivity index (χ0n) is 22.5. The number of nitrogens with one attached hydrogen (secondary N) is 3. The van der Waals surface area contributed by atoms with E-state index in [2.05, 4.69) is 33.6 Å². The molecule has 200 valence electrons. The maximum absolute atomic E-state index is 13.0. The molecule has 3 N–H and O–H groups in total. The number of urea groups is 1. The monoisotopic (exact) mass is 512 g/mol. The minimum Gasteiger partial charge on any atom is -0.306 e. The summed E-state index contributed by atoms with van der Waals surface area (Å²) >= 11 is 0. The van der Waals surface area contributed by atoms with E-state index < -0.39 is 6.03 Å². The van der Waals surface area contributed by atoms with Gasteiger partial charge in [-0.25, -0.2) is 9.78 Å². The average Bonchev–Trinajstić information content (AvgIpc) is 2.91. The van der Waals surface area contributed by atoms with Crippen molar-refractivity contribution in [3.05, 3.63) is 76.7 Å². The second-order valence-electron chi connectivity index (χ2n) is 10.1. The fourth-order valence-electron chi connectivity index (χ4n) is 5.07. The van der Waals surface area contributed by atoms with Crippen LogP contribution in [0, 0.1) is 0 Å². The number of hydrogen-bond donors (Lipinski definition) is 3. The van der Waals surface area contributed by atoms with Crippen molar-refractivity contribution in [3.8, 4) is 0 Å². The van der Waals surface area contributed by atoms with Gasteiger partial charge in [-0.3, -0.25) is 15.1 Å². The van der Waals surface area contributed by atoms with E-state index in [1.54, 1.807) is 0 Å². The van der Waals surface area contributed by atoms with Gasteiger partial charge in [0.1, 0.15) is 0 Å². The van der Waals surface area contributed by atoms with Crippen LogP contribution in [0.25, 0.3) is 21.5 Å². The van der Waals surface area contributed by atoms with Gasteiger partial charge < -0.3 is 5.32 Å². The highest BCUT2D eigenvalue weighted by molar-refractivity contribution is 6.16. The molecule has 0 fully saturated rings. The van der Waals surface area contributed by atoms with Gasteiger partial charge in [-0.2, -0.15) is 0 Å². The molecule has 4 rings (SSSR count). The Hall–Kier alpha value is -3.67. The van der Waals surface area contributed by atoms with Gasteiger partial charge in [0.2, 0.25) is 5.95 Å². The Morgan fingerprint density at radius 3 is 1.89 bits per heavy atom. The first kappa shape index (κ1) is 27.4. The van der Waals surface area contributed by atoms with Crippen molar-refractivity contribution in [2.45, 2.75) is 84.0 Å². The van der Waals surface area contributed by atoms with Crippen molar-refractivity contribution in [1.82, 2.24) is 9.97 Å². The Morgan fingerprint density at radius 2 is 1.29 bits per heavy atom. The maximum Gasteiger partial charge on any atom is 0.326 e. The quantitative estimate of drug-likeness (QED) is 0.117. The summed E-state index contributed by atoms with van der Waals surface area (Å²) in [6.07, 6.45) is 14.7. The van der Waals surface area contributed by atoms with Crippen LogP contribution in [0.5, 0.6) is 0 Å². The number of unbranched alkanes of at least 4 members (excludes halogenated alkanes) is 10. The van der Waals surface area contributed by atoms with Crippen LogP contribution >= 0.6 is 0 Å². The van der Waals surface area contributed by atoms with Gasteiger partial charge >= 0.3 is 6.03 Å². The van der Waals surface area contributed by atoms with Gasteiger partial charge in [0.15, 0.2) is 0 Å². The standard InChI is InChI=1S/C32H40N4O2/c1-2-3-4-5-6-7-8-9-10-11-12-19-26-23-29(37)34-31(33-26)36-32(38)35-30-27-20-15-13-17-24(27)22-25-18-14-16-21-28(25)30/h13-18,20-23H,2-12,19H2,1H3,(H3,33,34,35,36,37,38). The van der Waals surface area contributed by atoms with Crippen LogP contribution in [0.1, 0.15) is 83.2 Å². The molecule has 6 nitrogen and oxygen atoms in total. The summed E-state index contributed by atoms with van der Waals surface area (Å²) < 4.78 is 0. The van der Waals surface area contributed by atoms with Crippen LogP contribution in [0.3, 0.4) is 0 Å². The van der Waals surface area contributed by atoms with E-state index in [0.717, 1.165) is 46.5 Å². The van der Waals surface area contributed by atoms with E-state index >= 15 is 0 Å². The Labute approximate surface area is 225 Å². The highest BCUT2D eigenvalue weighted by Crippen LogP contribution is 2.32. The molecule has 0 radical (unpaired) electrons. The number of aromatic amines is 1. The van der Waals surface area contributed by atoms with E-state index in [1.165, 1.54) is 63.9 Å². The molecule has 0 bridgehead atoms. The molecular formula is C32H40N4O2. The van der Waals surface area contributed by atoms with E-state index in [0.29, 0.717) is 5.69 Å². The van der Waals surface area contributed by atoms with Crippen LogP contribution in [-0.2, 0) is 6.42 Å². The molecule has 0 aliphatic rings. The first-order chi connectivity index (χ1) is 18.6. The summed E-state index contributed by atoms with van der Waals surface area (Å²) in [6.45, 7) is 2.25. The molecule has 0 aliphatic carbocycles. The lowest BCUT2D eigenvalue weighted by molar-refractivity contribution is 0.262. The molecule has 0 aliphatic heterocycles. The lowest BCUT2D eigenvalue weighted by Crippen LogP contribution is -2.23. The van der Waals surface area contributed by atoms with Crippen molar-refractivity contribution in [2.75, 3.05) is 10.6 Å². The molecule has 0 atom stereocenters. The lowest BCUT2D eigenvalue weighted by Gasteiger charge is -2.13. The summed E-state index contributed by atoms with van der Waals surface area (Å²) in [4.78, 5) is 32.3. The predicted molar refractivity (Wildman–Crippen MR) is 159 cm³/mol. The molecule has 1 heterocycles. The lowest BCUT2D eigenvalue weighted by atomic mass is 10.0. The average molecular weight is 513 g/mol. The summed E-state index contributed by atoms with van der Waals surface area (Å²) in [5.74, 6) is 0.164. The Morgan fingerprint density at radius 1 is 0.737 bits per heavy atom. The van der Waals surface area contributed by atoms with E-state index in [-0.39, 0.29) is 11.5 Å². The maximum atomic E-state index is 13.0. The van der Waals surface area contributed by atoms with Crippen LogP contribution in [0.15, 0.2) is 65.5 Å². The van der Waals surface area contributed by atoms with Crippen molar-refractivity contribution < 1.29 is 4.79 Å². The molecule has 0 saturated heterocycles. The number of aromatic nitrogens is 2. The van der Waals surface area contributed by atoms with Crippen LogP contribution < -0.4 is 16.2 Å². The summed E-state index contributed by atoms with van der Waals surface area (Å²) in [6, 6.07) is 19.1. The smallest absolute Gasteiger partial charge is 0.306 e. The van der Waals surface area contributed by atoms with Gasteiger partial charge in [-0.15, -0.1) is 0 Å². The minimum atomic E-state index is -0.443. The predicted octanol–water partition coefficient (Wildman–Crippen LogP) is 8.57. The number of benzene rings is 3. The van der Waals surface area contributed by atoms with Crippen molar-refractivity contribution in [1.29, 1.82) is 0 Å². The molecule has 3 aromatic carbocycles. The fraction of sp³-hybridized carbons (Fsp3) is 0.406. The molecule has 0 unspecified atom stereocenters. The third-order valence-corrected chi connectivity index (χ3v) is 7.07. The Kier molecular flexibility index (Phi) is 10.3. The van der Waals surface area contributed by atoms with Crippen molar-refractivity contribution in [3.63, 3.8) is 0 Å². The second-order valence-corrected chi connectivity index (χ2v) is 10.1. The van der Waals surface area contributed by atoms with Crippen molar-refractivity contribution >= 4 is 39.2 Å². The van der Waals surface area contributed by atoms with Gasteiger partial charge in [0.25, 0.3) is 5.56 Å². The normalized spacial score (nSPS) is 11.2. The zero-order valence-corrected chi connectivity index (χ0v) is 22.5. The number of rotatable bonds is 14. The third-order valence-electron chi connectivity index (χ3n) is 7.07. The fourth-order valence-corrected chi connectivity index (χ4v) is 5.07. The van der Waals surface area contributed by atoms with Gasteiger partial charge in [-0.05, 0) is 29.7 Å². The van der Waals surface area contributed by atoms with E-state index in [1.807, 2.05) is 48.5 Å². The van der Waals surface area contributed by atoms with Crippen LogP contribution in [0.4, 0.5) is 16.4 Å². The Bertz CT molecular complexity index is 1340. The molecule has 38 heavy (non-hydrogen) atoms. The molecule has 1 aromatic heterocycles. The number of carbonyl (C=O) groups excluding carboxylic acids is 1. The number of fused-ring (bicyclic) bond motifs is 2. The highest BCUT2D eigenvalue weighted by Gasteiger charge is 2.12. The van der Waals surface area contributed by atoms with Gasteiger partial charge in [0, 0.05) is 22.5 Å². The number of anilines is 2. The van der Waals surface area contributed by atoms with Gasteiger partial charge in [0.05, 0.1) is 5.69 Å². The molecule has 6 heteroatoms. The second kappa shape index (κ2) is 14.3. The van der Waals surface area contributed by atoms with Crippen LogP contribution in [-0.4, -0.2) is 16.0 Å². The minimum absolute atomic E-state index is 0.164. The number of nitrogens with zero attached hydrogens (tertiary/aromatic N) is 1. The molecule has 4 aromatic rings. The number of carbonyl (C=O) groups is 1. The molecular weight excluding hydrogens is 472 g/mol. The number of hydrogen-bond acceptors (Lipinski definition) is 3. The highest BCUT2D eigenvalue weighted by atomic mass is 16.2. The zero-order chi connectivity index (χ0) is 26.6. The van der Waals surface area contributed by atoms with Crippen molar-refractivity contribution in [2.24, 2.45) is 0 Å². The molecule has 0 spiro atoms. The van der Waals surface area contributed by atoms with Crippen LogP contribution in [0.2, 0.25) is 0 Å². The Balaban J connectivity index is 1.29. The molecule has 0 saturated carbocycles. The third kappa shape index (κ3) is 7.91. The SMILES string of the molecule is CCCCCCCCCCCCCc1cc(=O)[nH]c(NC(=O)Nc2c3ccccc3cc3ccccc23)n1. The first-order valence-electron chi connectivity index (χ1n) is 14.2. The summed E-state index contributed by atoms with van der Waals surface area (Å²) in [7, 11) is 0. The summed E-state index contributed by atoms with van der Waals surface area (Å²) in [5.41, 5.74) is 1.18. The first-order valence-corrected chi connectivity index (χ1v) is 14.2. The van der Waals surface area contributed by atoms with Gasteiger partial charge in [-0.1, -0.05) is 120 Å². The molecule has 2 amide bonds. The largest absolute Gasteiger partial charge is 0.326 e. The topological polar surface area (TPSA) is 86.9 Å². The summed E-state index contributed by atoms with van der Waals surface area (Å²) in [5, 5.41) is 9.71.